The van der Waals surface area contributed by atoms with Gasteiger partial charge in [0.2, 0.25) is 12.3 Å². The predicted molar refractivity (Wildman–Crippen MR) is 166 cm³/mol. The zero-order chi connectivity index (χ0) is 30.1. The first-order valence-electron chi connectivity index (χ1n) is 13.6. The standard InChI is InChI=1S/C29H34Cl2N8O3/c30-21-8-9-26(39(33)17-27(31)32)23(14-21)24-15-28(41)38(18-36-24)25(7-2-1-3-10-35-19-40)20-5-4-6-22(13-20)37-12-11-34-16-29(37)42/h4-6,8-9,13-15,17-19,25,34H,1-3,7,10-12,16,32-33H2,(H,35,40)/b27-17-. The average molecular weight is 614 g/mol. The minimum Gasteiger partial charge on any atom is -0.388 e. The van der Waals surface area contributed by atoms with Gasteiger partial charge in [-0.2, -0.15) is 0 Å². The number of hydrazine groups is 1. The van der Waals surface area contributed by atoms with E-state index in [1.165, 1.54) is 23.6 Å². The van der Waals surface area contributed by atoms with Crippen LogP contribution in [0.5, 0.6) is 0 Å². The molecule has 1 unspecified atom stereocenters. The minimum absolute atomic E-state index is 0.00199. The molecule has 1 atom stereocenters. The topological polar surface area (TPSA) is 152 Å². The van der Waals surface area contributed by atoms with E-state index in [1.807, 2.05) is 24.3 Å². The number of nitrogens with two attached hydrogens (primary N) is 2. The lowest BCUT2D eigenvalue weighted by Gasteiger charge is -2.29. The van der Waals surface area contributed by atoms with Gasteiger partial charge in [-0.15, -0.1) is 0 Å². The second-order valence-electron chi connectivity index (χ2n) is 9.86. The number of carbonyl (C=O) groups is 2. The van der Waals surface area contributed by atoms with Gasteiger partial charge in [0.1, 0.15) is 5.16 Å². The van der Waals surface area contributed by atoms with E-state index in [2.05, 4.69) is 15.6 Å². The fourth-order valence-corrected chi connectivity index (χ4v) is 5.26. The Morgan fingerprint density at radius 1 is 1.17 bits per heavy atom. The van der Waals surface area contributed by atoms with E-state index in [9.17, 15) is 14.4 Å². The van der Waals surface area contributed by atoms with Crippen molar-refractivity contribution in [1.29, 1.82) is 0 Å². The number of amides is 2. The number of halogens is 2. The molecule has 0 radical (unpaired) electrons. The van der Waals surface area contributed by atoms with E-state index in [1.54, 1.807) is 27.7 Å². The van der Waals surface area contributed by atoms with Gasteiger partial charge in [0, 0.05) is 42.0 Å². The molecule has 4 rings (SSSR count). The van der Waals surface area contributed by atoms with Gasteiger partial charge in [-0.05, 0) is 48.7 Å². The number of hydrogen-bond donors (Lipinski definition) is 4. The minimum atomic E-state index is -0.333. The molecule has 0 spiro atoms. The third-order valence-corrected chi connectivity index (χ3v) is 7.32. The molecule has 6 N–H and O–H groups in total. The summed E-state index contributed by atoms with van der Waals surface area (Å²) in [5.41, 5.74) is 8.41. The molecular formula is C29H34Cl2N8O3. The fraction of sp³-hybridized carbons (Fsp3) is 0.310. The first kappa shape index (κ1) is 31.0. The summed E-state index contributed by atoms with van der Waals surface area (Å²) in [5, 5.41) is 7.43. The zero-order valence-corrected chi connectivity index (χ0v) is 24.5. The Balaban J connectivity index is 1.69. The predicted octanol–water partition coefficient (Wildman–Crippen LogP) is 3.07. The van der Waals surface area contributed by atoms with Crippen LogP contribution >= 0.6 is 23.2 Å². The third kappa shape index (κ3) is 7.89. The summed E-state index contributed by atoms with van der Waals surface area (Å²) in [5.74, 6) is 6.14. The van der Waals surface area contributed by atoms with Gasteiger partial charge in [-0.1, -0.05) is 48.2 Å². The van der Waals surface area contributed by atoms with Crippen LogP contribution in [0.4, 0.5) is 11.4 Å². The molecule has 13 heteroatoms. The Bertz CT molecular complexity index is 1490. The smallest absolute Gasteiger partial charge is 0.254 e. The average Bonchev–Trinajstić information content (AvgIpc) is 2.97. The Morgan fingerprint density at radius 3 is 2.74 bits per heavy atom. The number of anilines is 2. The molecule has 1 saturated heterocycles. The van der Waals surface area contributed by atoms with Crippen LogP contribution in [0.2, 0.25) is 5.02 Å². The lowest BCUT2D eigenvalue weighted by molar-refractivity contribution is -0.118. The number of carbonyl (C=O) groups excluding carboxylic acids is 2. The van der Waals surface area contributed by atoms with E-state index in [-0.39, 0.29) is 29.2 Å². The van der Waals surface area contributed by atoms with Crippen LogP contribution in [0.3, 0.4) is 0 Å². The monoisotopic (exact) mass is 612 g/mol. The zero-order valence-electron chi connectivity index (χ0n) is 23.0. The summed E-state index contributed by atoms with van der Waals surface area (Å²) in [7, 11) is 0. The van der Waals surface area contributed by atoms with Crippen LogP contribution < -0.4 is 37.7 Å². The van der Waals surface area contributed by atoms with Crippen molar-refractivity contribution < 1.29 is 9.59 Å². The van der Waals surface area contributed by atoms with Crippen LogP contribution in [-0.2, 0) is 9.59 Å². The molecule has 0 saturated carbocycles. The molecule has 222 valence electrons. The van der Waals surface area contributed by atoms with Gasteiger partial charge in [-0.25, -0.2) is 10.8 Å². The maximum absolute atomic E-state index is 13.7. The van der Waals surface area contributed by atoms with E-state index in [0.29, 0.717) is 54.4 Å². The Hall–Kier alpha value is -3.90. The van der Waals surface area contributed by atoms with Crippen molar-refractivity contribution in [2.75, 3.05) is 36.1 Å². The van der Waals surface area contributed by atoms with E-state index in [0.717, 1.165) is 30.5 Å². The van der Waals surface area contributed by atoms with Gasteiger partial charge < -0.3 is 21.3 Å². The van der Waals surface area contributed by atoms with Crippen molar-refractivity contribution in [2.45, 2.75) is 31.7 Å². The molecule has 3 aromatic rings. The number of rotatable bonds is 13. The number of hydrogen-bond acceptors (Lipinski definition) is 8. The van der Waals surface area contributed by atoms with Crippen LogP contribution in [0.15, 0.2) is 71.0 Å². The quantitative estimate of drug-likeness (QED) is 0.0755. The highest BCUT2D eigenvalue weighted by Crippen LogP contribution is 2.32. The summed E-state index contributed by atoms with van der Waals surface area (Å²) < 4.78 is 1.60. The third-order valence-electron chi connectivity index (χ3n) is 6.98. The maximum Gasteiger partial charge on any atom is 0.254 e. The van der Waals surface area contributed by atoms with Crippen molar-refractivity contribution in [3.8, 4) is 11.3 Å². The van der Waals surface area contributed by atoms with Crippen molar-refractivity contribution in [3.63, 3.8) is 0 Å². The van der Waals surface area contributed by atoms with Gasteiger partial charge in [-0.3, -0.25) is 24.0 Å². The Labute approximate surface area is 254 Å². The number of nitrogens with zero attached hydrogens (tertiary/aromatic N) is 4. The normalized spacial score (nSPS) is 14.5. The molecule has 2 aromatic carbocycles. The van der Waals surface area contributed by atoms with Crippen LogP contribution in [0.1, 0.15) is 37.3 Å². The summed E-state index contributed by atoms with van der Waals surface area (Å²) in [6, 6.07) is 13.9. The van der Waals surface area contributed by atoms with Crippen LogP contribution in [0.25, 0.3) is 11.3 Å². The second kappa shape index (κ2) is 14.8. The molecule has 42 heavy (non-hydrogen) atoms. The SMILES string of the molecule is N/C(Cl)=C\N(N)c1ccc(Cl)cc1-c1cc(=O)n(C(CCCCCNC=O)c2cccc(N3CCNCC3=O)c2)cn1. The fourth-order valence-electron chi connectivity index (χ4n) is 4.98. The van der Waals surface area contributed by atoms with Crippen LogP contribution in [0, 0.1) is 0 Å². The second-order valence-corrected chi connectivity index (χ2v) is 10.7. The number of benzene rings is 2. The number of unbranched alkanes of at least 4 members (excludes halogenated alkanes) is 2. The van der Waals surface area contributed by atoms with Crippen LogP contribution in [-0.4, -0.2) is 48.0 Å². The highest BCUT2D eigenvalue weighted by molar-refractivity contribution is 6.31. The number of piperazine rings is 1. The number of nitrogens with one attached hydrogen (secondary N) is 2. The van der Waals surface area contributed by atoms with Crippen molar-refractivity contribution in [1.82, 2.24) is 20.2 Å². The molecule has 1 aliphatic heterocycles. The van der Waals surface area contributed by atoms with E-state index < -0.39 is 0 Å². The summed E-state index contributed by atoms with van der Waals surface area (Å²) >= 11 is 12.1. The Kier molecular flexibility index (Phi) is 11.0. The van der Waals surface area contributed by atoms with Gasteiger partial charge in [0.05, 0.1) is 36.5 Å². The Morgan fingerprint density at radius 2 is 2.00 bits per heavy atom. The molecule has 1 fully saturated rings. The summed E-state index contributed by atoms with van der Waals surface area (Å²) in [4.78, 5) is 43.2. The molecular weight excluding hydrogens is 579 g/mol. The molecule has 0 bridgehead atoms. The van der Waals surface area contributed by atoms with Crippen molar-refractivity contribution in [2.24, 2.45) is 11.6 Å². The molecule has 0 aliphatic carbocycles. The van der Waals surface area contributed by atoms with E-state index in [4.69, 9.17) is 34.8 Å². The lowest BCUT2D eigenvalue weighted by atomic mass is 9.99. The molecule has 1 aromatic heterocycles. The first-order chi connectivity index (χ1) is 20.3. The maximum atomic E-state index is 13.7. The molecule has 11 nitrogen and oxygen atoms in total. The van der Waals surface area contributed by atoms with Crippen molar-refractivity contribution in [3.05, 3.63) is 87.2 Å². The first-order valence-corrected chi connectivity index (χ1v) is 14.4. The van der Waals surface area contributed by atoms with Gasteiger partial charge >= 0.3 is 0 Å². The van der Waals surface area contributed by atoms with Gasteiger partial charge in [0.15, 0.2) is 0 Å². The molecule has 2 heterocycles. The largest absolute Gasteiger partial charge is 0.388 e. The summed E-state index contributed by atoms with van der Waals surface area (Å²) in [6.45, 7) is 2.15. The van der Waals surface area contributed by atoms with E-state index >= 15 is 0 Å². The highest BCUT2D eigenvalue weighted by Gasteiger charge is 2.22. The highest BCUT2D eigenvalue weighted by atomic mass is 35.5. The number of aromatic nitrogens is 2. The lowest BCUT2D eigenvalue weighted by Crippen LogP contribution is -2.48. The molecule has 1 aliphatic rings. The van der Waals surface area contributed by atoms with Gasteiger partial charge in [0.25, 0.3) is 5.56 Å². The molecule has 2 amide bonds. The summed E-state index contributed by atoms with van der Waals surface area (Å²) in [6.07, 6.45) is 6.70. The van der Waals surface area contributed by atoms with Crippen molar-refractivity contribution >= 4 is 46.9 Å².